The highest BCUT2D eigenvalue weighted by Crippen LogP contribution is 2.26. The number of anilines is 4. The van der Waals surface area contributed by atoms with Gasteiger partial charge in [-0.05, 0) is 65.7 Å². The molecular formula is C18H17BrN4. The van der Waals surface area contributed by atoms with Crippen LogP contribution in [0.15, 0.2) is 59.2 Å². The first-order valence-electron chi connectivity index (χ1n) is 7.30. The summed E-state index contributed by atoms with van der Waals surface area (Å²) in [5.41, 5.74) is 4.35. The second-order valence-electron chi connectivity index (χ2n) is 5.36. The summed E-state index contributed by atoms with van der Waals surface area (Å²) in [5.74, 6) is 1.29. The average Bonchev–Trinajstić information content (AvgIpc) is 2.53. The summed E-state index contributed by atoms with van der Waals surface area (Å²) in [6, 6.07) is 16.1. The Morgan fingerprint density at radius 2 is 1.61 bits per heavy atom. The Bertz CT molecular complexity index is 816. The Balaban J connectivity index is 1.78. The van der Waals surface area contributed by atoms with Crippen LogP contribution in [0.2, 0.25) is 0 Å². The number of hydrogen-bond donors (Lipinski definition) is 2. The van der Waals surface area contributed by atoms with Gasteiger partial charge in [0.25, 0.3) is 0 Å². The summed E-state index contributed by atoms with van der Waals surface area (Å²) in [7, 11) is 0. The van der Waals surface area contributed by atoms with Crippen molar-refractivity contribution in [1.29, 1.82) is 0 Å². The second-order valence-corrected chi connectivity index (χ2v) is 6.22. The van der Waals surface area contributed by atoms with Crippen molar-refractivity contribution in [1.82, 2.24) is 9.97 Å². The van der Waals surface area contributed by atoms with Crippen LogP contribution in [0.25, 0.3) is 0 Å². The van der Waals surface area contributed by atoms with Crippen molar-refractivity contribution < 1.29 is 0 Å². The van der Waals surface area contributed by atoms with Gasteiger partial charge in [0.1, 0.15) is 5.82 Å². The van der Waals surface area contributed by atoms with E-state index in [0.717, 1.165) is 21.7 Å². The normalized spacial score (nSPS) is 10.4. The van der Waals surface area contributed by atoms with Crippen LogP contribution in [0.3, 0.4) is 0 Å². The maximum absolute atomic E-state index is 4.50. The van der Waals surface area contributed by atoms with Gasteiger partial charge in [0.05, 0.1) is 5.69 Å². The highest BCUT2D eigenvalue weighted by Gasteiger charge is 2.04. The van der Waals surface area contributed by atoms with Crippen LogP contribution < -0.4 is 10.6 Å². The van der Waals surface area contributed by atoms with E-state index in [9.17, 15) is 0 Å². The Labute approximate surface area is 144 Å². The molecule has 0 radical (unpaired) electrons. The lowest BCUT2D eigenvalue weighted by Crippen LogP contribution is -2.00. The molecule has 3 aromatic rings. The predicted molar refractivity (Wildman–Crippen MR) is 98.7 cm³/mol. The summed E-state index contributed by atoms with van der Waals surface area (Å²) in [6.07, 6.45) is 1.73. The van der Waals surface area contributed by atoms with Crippen molar-refractivity contribution in [3.63, 3.8) is 0 Å². The van der Waals surface area contributed by atoms with Gasteiger partial charge in [-0.25, -0.2) is 4.98 Å². The van der Waals surface area contributed by atoms with E-state index in [1.807, 2.05) is 36.4 Å². The third-order valence-corrected chi connectivity index (χ3v) is 4.01. The molecule has 0 amide bonds. The highest BCUT2D eigenvalue weighted by atomic mass is 79.9. The molecule has 1 aromatic heterocycles. The summed E-state index contributed by atoms with van der Waals surface area (Å²) < 4.78 is 1.00. The lowest BCUT2D eigenvalue weighted by molar-refractivity contribution is 1.16. The van der Waals surface area contributed by atoms with E-state index >= 15 is 0 Å². The molecule has 0 unspecified atom stereocenters. The van der Waals surface area contributed by atoms with Gasteiger partial charge >= 0.3 is 0 Å². The summed E-state index contributed by atoms with van der Waals surface area (Å²) >= 11 is 3.56. The lowest BCUT2D eigenvalue weighted by atomic mass is 10.2. The third kappa shape index (κ3) is 4.07. The molecule has 2 aromatic carbocycles. The molecule has 116 valence electrons. The van der Waals surface area contributed by atoms with E-state index in [-0.39, 0.29) is 0 Å². The molecule has 2 N–H and O–H groups in total. The van der Waals surface area contributed by atoms with Gasteiger partial charge in [0, 0.05) is 16.4 Å². The Hall–Kier alpha value is -2.40. The maximum Gasteiger partial charge on any atom is 0.229 e. The zero-order chi connectivity index (χ0) is 16.2. The molecule has 0 aliphatic rings. The van der Waals surface area contributed by atoms with Gasteiger partial charge in [-0.2, -0.15) is 4.98 Å². The zero-order valence-electron chi connectivity index (χ0n) is 13.0. The molecule has 0 spiro atoms. The lowest BCUT2D eigenvalue weighted by Gasteiger charge is -2.10. The van der Waals surface area contributed by atoms with Crippen LogP contribution in [0.1, 0.15) is 11.1 Å². The van der Waals surface area contributed by atoms with Crippen LogP contribution in [-0.2, 0) is 0 Å². The topological polar surface area (TPSA) is 49.8 Å². The van der Waals surface area contributed by atoms with Crippen molar-refractivity contribution in [2.24, 2.45) is 0 Å². The van der Waals surface area contributed by atoms with Crippen LogP contribution in [0, 0.1) is 13.8 Å². The number of aryl methyl sites for hydroxylation is 2. The first-order chi connectivity index (χ1) is 11.1. The summed E-state index contributed by atoms with van der Waals surface area (Å²) in [4.78, 5) is 8.76. The van der Waals surface area contributed by atoms with Crippen LogP contribution >= 0.6 is 15.9 Å². The van der Waals surface area contributed by atoms with Gasteiger partial charge in [-0.15, -0.1) is 0 Å². The fourth-order valence-corrected chi connectivity index (χ4v) is 2.71. The minimum Gasteiger partial charge on any atom is -0.339 e. The quantitative estimate of drug-likeness (QED) is 0.652. The molecular weight excluding hydrogens is 352 g/mol. The van der Waals surface area contributed by atoms with Crippen molar-refractivity contribution in [3.05, 3.63) is 70.3 Å². The number of halogens is 1. The average molecular weight is 369 g/mol. The molecule has 3 rings (SSSR count). The molecule has 4 nitrogen and oxygen atoms in total. The molecule has 0 bridgehead atoms. The fraction of sp³-hybridized carbons (Fsp3) is 0.111. The molecule has 0 fully saturated rings. The highest BCUT2D eigenvalue weighted by molar-refractivity contribution is 9.10. The molecule has 0 saturated heterocycles. The standard InChI is InChI=1S/C18H17BrN4/c1-12-3-6-14(7-4-12)21-18-20-10-9-17(23-18)22-16-8-5-13(2)11-15(16)19/h3-11H,1-2H3,(H2,20,21,22,23). The zero-order valence-corrected chi connectivity index (χ0v) is 14.6. The van der Waals surface area contributed by atoms with Crippen molar-refractivity contribution >= 4 is 39.1 Å². The van der Waals surface area contributed by atoms with E-state index in [0.29, 0.717) is 5.95 Å². The summed E-state index contributed by atoms with van der Waals surface area (Å²) in [5, 5.41) is 6.50. The molecule has 1 heterocycles. The van der Waals surface area contributed by atoms with E-state index in [1.165, 1.54) is 11.1 Å². The van der Waals surface area contributed by atoms with Crippen molar-refractivity contribution in [2.45, 2.75) is 13.8 Å². The molecule has 0 atom stereocenters. The number of nitrogens with zero attached hydrogens (tertiary/aromatic N) is 2. The molecule has 5 heteroatoms. The second kappa shape index (κ2) is 6.79. The molecule has 23 heavy (non-hydrogen) atoms. The fourth-order valence-electron chi connectivity index (χ4n) is 2.11. The van der Waals surface area contributed by atoms with Gasteiger partial charge in [-0.1, -0.05) is 23.8 Å². The van der Waals surface area contributed by atoms with E-state index in [4.69, 9.17) is 0 Å². The minimum absolute atomic E-state index is 0.557. The predicted octanol–water partition coefficient (Wildman–Crippen LogP) is 5.34. The van der Waals surface area contributed by atoms with Gasteiger partial charge in [0.2, 0.25) is 5.95 Å². The number of rotatable bonds is 4. The van der Waals surface area contributed by atoms with E-state index < -0.39 is 0 Å². The van der Waals surface area contributed by atoms with Gasteiger partial charge < -0.3 is 10.6 Å². The van der Waals surface area contributed by atoms with Crippen LogP contribution in [0.4, 0.5) is 23.1 Å². The number of hydrogen-bond acceptors (Lipinski definition) is 4. The Morgan fingerprint density at radius 3 is 2.35 bits per heavy atom. The van der Waals surface area contributed by atoms with E-state index in [1.54, 1.807) is 6.20 Å². The first-order valence-corrected chi connectivity index (χ1v) is 8.09. The largest absolute Gasteiger partial charge is 0.339 e. The molecule has 0 saturated carbocycles. The summed E-state index contributed by atoms with van der Waals surface area (Å²) in [6.45, 7) is 4.12. The monoisotopic (exact) mass is 368 g/mol. The molecule has 0 aliphatic heterocycles. The molecule has 0 aliphatic carbocycles. The number of aromatic nitrogens is 2. The Kier molecular flexibility index (Phi) is 4.57. The minimum atomic E-state index is 0.557. The van der Waals surface area contributed by atoms with E-state index in [2.05, 4.69) is 62.5 Å². The SMILES string of the molecule is Cc1ccc(Nc2nccc(Nc3ccc(C)cc3Br)n2)cc1. The third-order valence-electron chi connectivity index (χ3n) is 3.35. The number of nitrogens with one attached hydrogen (secondary N) is 2. The van der Waals surface area contributed by atoms with Gasteiger partial charge in [0.15, 0.2) is 0 Å². The van der Waals surface area contributed by atoms with Crippen molar-refractivity contribution in [2.75, 3.05) is 10.6 Å². The van der Waals surface area contributed by atoms with Crippen LogP contribution in [0.5, 0.6) is 0 Å². The van der Waals surface area contributed by atoms with Crippen LogP contribution in [-0.4, -0.2) is 9.97 Å². The smallest absolute Gasteiger partial charge is 0.229 e. The van der Waals surface area contributed by atoms with Gasteiger partial charge in [-0.3, -0.25) is 0 Å². The Morgan fingerprint density at radius 1 is 0.870 bits per heavy atom. The first kappa shape index (κ1) is 15.5. The number of benzene rings is 2. The maximum atomic E-state index is 4.50. The van der Waals surface area contributed by atoms with Crippen molar-refractivity contribution in [3.8, 4) is 0 Å².